The van der Waals surface area contributed by atoms with Crippen LogP contribution in [0.4, 0.5) is 0 Å². The lowest BCUT2D eigenvalue weighted by molar-refractivity contribution is 0.593. The number of hydrogen-bond acceptors (Lipinski definition) is 0. The Hall–Kier alpha value is -1.64. The van der Waals surface area contributed by atoms with Gasteiger partial charge >= 0.3 is 0 Å². The molecule has 2 aromatic rings. The fourth-order valence-electron chi connectivity index (χ4n) is 1.38. The standard InChI is InChI=1S/C12H10.C4H8OS/c1-3-7-11(8-4-1)12-9-5-2-6-10-12;1-2-3-6-4-5/h1-10H;2,4-6H,1,3H2. The van der Waals surface area contributed by atoms with Gasteiger partial charge in [0.15, 0.2) is 0 Å². The first kappa shape index (κ1) is 14.4. The highest BCUT2D eigenvalue weighted by Gasteiger charge is 1.91. The third-order valence-electron chi connectivity index (χ3n) is 2.20. The van der Waals surface area contributed by atoms with Gasteiger partial charge < -0.3 is 5.11 Å². The predicted octanol–water partition coefficient (Wildman–Crippen LogP) is 4.31. The van der Waals surface area contributed by atoms with E-state index in [1.165, 1.54) is 11.1 Å². The third kappa shape index (κ3) is 5.62. The van der Waals surface area contributed by atoms with Crippen molar-refractivity contribution in [3.8, 4) is 11.1 Å². The molecule has 2 rings (SSSR count). The summed E-state index contributed by atoms with van der Waals surface area (Å²) in [5.74, 6) is 0.844. The van der Waals surface area contributed by atoms with E-state index in [1.807, 2.05) is 12.1 Å². The molecule has 0 aliphatic rings. The van der Waals surface area contributed by atoms with E-state index in [2.05, 4.69) is 55.1 Å². The molecule has 0 atom stereocenters. The van der Waals surface area contributed by atoms with Crippen LogP contribution in [-0.2, 0) is 0 Å². The molecule has 0 fully saturated rings. The van der Waals surface area contributed by atoms with E-state index in [0.717, 1.165) is 22.7 Å². The molecule has 1 nitrogen and oxygen atoms in total. The van der Waals surface area contributed by atoms with Crippen molar-refractivity contribution >= 4 is 16.9 Å². The lowest BCUT2D eigenvalue weighted by Crippen LogP contribution is -1.73. The van der Waals surface area contributed by atoms with Crippen molar-refractivity contribution in [1.29, 1.82) is 0 Å². The molecule has 0 aromatic heterocycles. The third-order valence-corrected chi connectivity index (χ3v) is 2.83. The molecule has 0 heterocycles. The second-order valence-corrected chi connectivity index (χ2v) is 4.46. The molecule has 0 saturated heterocycles. The number of thiol groups is 1. The molecule has 1 N–H and O–H groups in total. The smallest absolute Gasteiger partial charge is 0.0563 e. The zero-order valence-electron chi connectivity index (χ0n) is 10.2. The lowest BCUT2D eigenvalue weighted by atomic mass is 10.1. The van der Waals surface area contributed by atoms with Crippen LogP contribution in [0.5, 0.6) is 0 Å². The molecule has 0 spiro atoms. The topological polar surface area (TPSA) is 20.2 Å². The molecule has 0 aliphatic carbocycles. The molecule has 2 aromatic carbocycles. The molecule has 94 valence electrons. The zero-order chi connectivity index (χ0) is 13.1. The van der Waals surface area contributed by atoms with Crippen molar-refractivity contribution < 1.29 is 5.11 Å². The van der Waals surface area contributed by atoms with Gasteiger partial charge in [0.05, 0.1) is 5.55 Å². The summed E-state index contributed by atoms with van der Waals surface area (Å²) >= 11 is 0.924. The van der Waals surface area contributed by atoms with Crippen LogP contribution in [0.15, 0.2) is 73.3 Å². The van der Waals surface area contributed by atoms with E-state index in [9.17, 15) is 0 Å². The highest BCUT2D eigenvalue weighted by atomic mass is 32.1. The van der Waals surface area contributed by atoms with Crippen molar-refractivity contribution in [2.24, 2.45) is 0 Å². The van der Waals surface area contributed by atoms with Crippen molar-refractivity contribution in [2.75, 3.05) is 5.75 Å². The van der Waals surface area contributed by atoms with Gasteiger partial charge in [-0.3, -0.25) is 0 Å². The molecule has 0 aliphatic heterocycles. The summed E-state index contributed by atoms with van der Waals surface area (Å²) in [6.45, 7) is 3.46. The number of aliphatic hydroxyl groups is 1. The predicted molar refractivity (Wildman–Crippen MR) is 84.6 cm³/mol. The Balaban J connectivity index is 0.000000232. The van der Waals surface area contributed by atoms with Gasteiger partial charge in [0.1, 0.15) is 0 Å². The highest BCUT2D eigenvalue weighted by molar-refractivity contribution is 7.97. The molecular weight excluding hydrogens is 240 g/mol. The quantitative estimate of drug-likeness (QED) is 0.477. The van der Waals surface area contributed by atoms with Crippen molar-refractivity contribution in [3.63, 3.8) is 0 Å². The summed E-state index contributed by atoms with van der Waals surface area (Å²) in [6.07, 6.45) is 1.76. The normalized spacial score (nSPS) is 10.1. The van der Waals surface area contributed by atoms with Gasteiger partial charge in [0.25, 0.3) is 0 Å². The van der Waals surface area contributed by atoms with E-state index in [-0.39, 0.29) is 0 Å². The molecule has 18 heavy (non-hydrogen) atoms. The fourth-order valence-corrected chi connectivity index (χ4v) is 1.63. The van der Waals surface area contributed by atoms with Crippen molar-refractivity contribution in [1.82, 2.24) is 0 Å². The van der Waals surface area contributed by atoms with E-state index in [0.29, 0.717) is 0 Å². The summed E-state index contributed by atoms with van der Waals surface area (Å²) in [5.41, 5.74) is 3.66. The summed E-state index contributed by atoms with van der Waals surface area (Å²) in [4.78, 5) is 0. The van der Waals surface area contributed by atoms with Crippen LogP contribution >= 0.6 is 11.4 Å². The summed E-state index contributed by atoms with van der Waals surface area (Å²) in [5, 5.41) is 8.01. The Bertz CT molecular complexity index is 425. The molecule has 0 bridgehead atoms. The monoisotopic (exact) mass is 258 g/mol. The minimum atomic E-state index is 0.844. The average molecular weight is 258 g/mol. The van der Waals surface area contributed by atoms with Crippen LogP contribution in [0.25, 0.3) is 11.1 Å². The summed E-state index contributed by atoms with van der Waals surface area (Å²) in [6, 6.07) is 20.8. The van der Waals surface area contributed by atoms with E-state index < -0.39 is 0 Å². The largest absolute Gasteiger partial charge is 0.363 e. The average Bonchev–Trinajstić information content (AvgIpc) is 2.48. The highest BCUT2D eigenvalue weighted by Crippen LogP contribution is 2.17. The first-order chi connectivity index (χ1) is 8.88. The molecule has 2 heteroatoms. The van der Waals surface area contributed by atoms with Crippen LogP contribution in [0, 0.1) is 0 Å². The van der Waals surface area contributed by atoms with Gasteiger partial charge in [-0.1, -0.05) is 66.7 Å². The maximum atomic E-state index is 8.01. The Labute approximate surface area is 112 Å². The van der Waals surface area contributed by atoms with Crippen LogP contribution in [0.2, 0.25) is 0 Å². The van der Waals surface area contributed by atoms with Gasteiger partial charge in [-0.15, -0.1) is 6.58 Å². The number of benzene rings is 2. The van der Waals surface area contributed by atoms with Crippen molar-refractivity contribution in [2.45, 2.75) is 0 Å². The first-order valence-electron chi connectivity index (χ1n) is 5.72. The Morgan fingerprint density at radius 2 is 1.33 bits per heavy atom. The number of aliphatic hydroxyl groups excluding tert-OH is 1. The van der Waals surface area contributed by atoms with Gasteiger partial charge in [0, 0.05) is 5.75 Å². The second kappa shape index (κ2) is 9.40. The maximum Gasteiger partial charge on any atom is 0.0563 e. The SMILES string of the molecule is C=CC[SH]=CO.c1ccc(-c2ccccc2)cc1. The van der Waals surface area contributed by atoms with E-state index in [1.54, 1.807) is 6.08 Å². The number of rotatable bonds is 3. The fraction of sp³-hybridized carbons (Fsp3) is 0.0625. The van der Waals surface area contributed by atoms with Gasteiger partial charge in [-0.05, 0) is 11.1 Å². The maximum absolute atomic E-state index is 8.01. The van der Waals surface area contributed by atoms with Crippen LogP contribution < -0.4 is 0 Å². The molecule has 0 amide bonds. The van der Waals surface area contributed by atoms with Gasteiger partial charge in [-0.2, -0.15) is 11.4 Å². The lowest BCUT2D eigenvalue weighted by Gasteiger charge is -1.98. The molecule has 0 saturated carbocycles. The van der Waals surface area contributed by atoms with Crippen LogP contribution in [0.1, 0.15) is 0 Å². The first-order valence-corrected chi connectivity index (χ1v) is 6.87. The number of hydrogen-bond donors (Lipinski definition) is 2. The van der Waals surface area contributed by atoms with Crippen LogP contribution in [-0.4, -0.2) is 16.4 Å². The minimum Gasteiger partial charge on any atom is -0.363 e. The Morgan fingerprint density at radius 3 is 1.61 bits per heavy atom. The van der Waals surface area contributed by atoms with Gasteiger partial charge in [-0.25, -0.2) is 0 Å². The Morgan fingerprint density at radius 1 is 0.889 bits per heavy atom. The Kier molecular flexibility index (Phi) is 7.53. The minimum absolute atomic E-state index is 0.844. The van der Waals surface area contributed by atoms with E-state index in [4.69, 9.17) is 5.11 Å². The summed E-state index contributed by atoms with van der Waals surface area (Å²) in [7, 11) is 0. The summed E-state index contributed by atoms with van der Waals surface area (Å²) < 4.78 is 0. The van der Waals surface area contributed by atoms with E-state index >= 15 is 0 Å². The molecular formula is C16H18OS. The zero-order valence-corrected chi connectivity index (χ0v) is 11.1. The second-order valence-electron chi connectivity index (χ2n) is 3.50. The van der Waals surface area contributed by atoms with Gasteiger partial charge in [0.2, 0.25) is 0 Å². The van der Waals surface area contributed by atoms with Crippen molar-refractivity contribution in [3.05, 3.63) is 73.3 Å². The van der Waals surface area contributed by atoms with Crippen LogP contribution in [0.3, 0.4) is 0 Å². The molecule has 0 unspecified atom stereocenters. The molecule has 0 radical (unpaired) electrons.